The third kappa shape index (κ3) is 2.91. The molecule has 1 N–H and O–H groups in total. The first-order valence-corrected chi connectivity index (χ1v) is 10.2. The van der Waals surface area contributed by atoms with E-state index in [1.165, 1.54) is 0 Å². The van der Waals surface area contributed by atoms with Gasteiger partial charge in [-0.3, -0.25) is 9.59 Å². The molecule has 26 heavy (non-hydrogen) atoms. The van der Waals surface area contributed by atoms with E-state index in [-0.39, 0.29) is 47.4 Å². The number of benzene rings is 1. The fraction of sp³-hybridized carbons (Fsp3) is 0.524. The molecule has 138 valence electrons. The minimum absolute atomic E-state index is 0.0236. The molecule has 0 aromatic heterocycles. The zero-order chi connectivity index (χ0) is 18.4. The molecule has 1 saturated heterocycles. The van der Waals surface area contributed by atoms with Crippen LogP contribution in [0.25, 0.3) is 0 Å². The van der Waals surface area contributed by atoms with E-state index in [2.05, 4.69) is 6.58 Å². The second kappa shape index (κ2) is 6.86. The van der Waals surface area contributed by atoms with Crippen LogP contribution in [0.1, 0.15) is 19.8 Å². The molecule has 0 amide bonds. The number of ketones is 1. The van der Waals surface area contributed by atoms with Gasteiger partial charge in [-0.25, -0.2) is 0 Å². The lowest BCUT2D eigenvalue weighted by atomic mass is 9.77. The van der Waals surface area contributed by atoms with Crippen molar-refractivity contribution in [3.63, 3.8) is 0 Å². The molecule has 1 heterocycles. The molecule has 1 aromatic carbocycles. The highest BCUT2D eigenvalue weighted by Gasteiger charge is 2.58. The molecule has 3 aliphatic rings. The molecule has 2 aliphatic carbocycles. The zero-order valence-corrected chi connectivity index (χ0v) is 15.7. The molecular formula is C21H24O4S. The van der Waals surface area contributed by atoms with Crippen LogP contribution in [0.2, 0.25) is 0 Å². The summed E-state index contributed by atoms with van der Waals surface area (Å²) >= 11 is 1.61. The van der Waals surface area contributed by atoms with Crippen molar-refractivity contribution in [1.82, 2.24) is 0 Å². The number of Topliss-reactive ketones (excluding diaryl/α,β-unsaturated/α-hetero) is 1. The maximum Gasteiger partial charge on any atom is 0.310 e. The fourth-order valence-corrected chi connectivity index (χ4v) is 6.06. The van der Waals surface area contributed by atoms with E-state index in [4.69, 9.17) is 4.74 Å². The van der Waals surface area contributed by atoms with Gasteiger partial charge in [0.15, 0.2) is 0 Å². The van der Waals surface area contributed by atoms with Gasteiger partial charge in [0, 0.05) is 34.8 Å². The van der Waals surface area contributed by atoms with Crippen molar-refractivity contribution in [2.45, 2.75) is 36.9 Å². The maximum absolute atomic E-state index is 12.6. The Morgan fingerprint density at radius 3 is 2.65 bits per heavy atom. The van der Waals surface area contributed by atoms with Crippen LogP contribution in [0.4, 0.5) is 0 Å². The third-order valence-corrected chi connectivity index (χ3v) is 7.49. The molecule has 2 saturated carbocycles. The first-order valence-electron chi connectivity index (χ1n) is 9.24. The van der Waals surface area contributed by atoms with Crippen LogP contribution in [0, 0.1) is 29.6 Å². The van der Waals surface area contributed by atoms with E-state index in [9.17, 15) is 14.7 Å². The average Bonchev–Trinajstić information content (AvgIpc) is 3.07. The summed E-state index contributed by atoms with van der Waals surface area (Å²) < 4.78 is 5.79. The number of carbonyl (C=O) groups excluding carboxylic acids is 2. The normalized spacial score (nSPS) is 39.3. The van der Waals surface area contributed by atoms with Crippen molar-refractivity contribution >= 4 is 23.5 Å². The Morgan fingerprint density at radius 2 is 1.92 bits per heavy atom. The second-order valence-electron chi connectivity index (χ2n) is 7.78. The van der Waals surface area contributed by atoms with Crippen molar-refractivity contribution in [3.8, 4) is 0 Å². The van der Waals surface area contributed by atoms with Crippen LogP contribution in [0.3, 0.4) is 0 Å². The number of esters is 1. The molecule has 0 spiro atoms. The van der Waals surface area contributed by atoms with Gasteiger partial charge in [-0.2, -0.15) is 0 Å². The molecule has 0 radical (unpaired) electrons. The standard InChI is InChI=1S/C21H24O4S/c1-11-8-17(23)19-15(10-26-13-6-4-3-5-7-13)21(24)25-20(19)18-12(2)16(22)9-14(11)18/h3-7,12,14-15,17-20,23H,1,8-10H2,2H3/t12-,14+,15+,17-,18+,19-,20-/m0/s1. The Bertz CT molecular complexity index is 731. The van der Waals surface area contributed by atoms with Crippen molar-refractivity contribution < 1.29 is 19.4 Å². The van der Waals surface area contributed by atoms with Gasteiger partial charge < -0.3 is 9.84 Å². The second-order valence-corrected chi connectivity index (χ2v) is 8.88. The Kier molecular flexibility index (Phi) is 4.70. The minimum atomic E-state index is -0.645. The van der Waals surface area contributed by atoms with Gasteiger partial charge in [0.1, 0.15) is 11.9 Å². The summed E-state index contributed by atoms with van der Waals surface area (Å²) in [5, 5.41) is 10.8. The number of ether oxygens (including phenoxy) is 1. The smallest absolute Gasteiger partial charge is 0.310 e. The van der Waals surface area contributed by atoms with Gasteiger partial charge >= 0.3 is 5.97 Å². The Hall–Kier alpha value is -1.59. The average molecular weight is 372 g/mol. The highest BCUT2D eigenvalue weighted by molar-refractivity contribution is 7.99. The van der Waals surface area contributed by atoms with E-state index in [0.717, 1.165) is 10.5 Å². The number of fused-ring (bicyclic) bond motifs is 3. The van der Waals surface area contributed by atoms with Gasteiger partial charge in [0.05, 0.1) is 12.0 Å². The number of rotatable bonds is 3. The first kappa shape index (κ1) is 17.8. The first-order chi connectivity index (χ1) is 12.5. The van der Waals surface area contributed by atoms with Crippen molar-refractivity contribution in [3.05, 3.63) is 42.5 Å². The van der Waals surface area contributed by atoms with Crippen LogP contribution < -0.4 is 0 Å². The quantitative estimate of drug-likeness (QED) is 0.502. The van der Waals surface area contributed by atoms with Crippen LogP contribution in [0.15, 0.2) is 47.4 Å². The number of thioether (sulfide) groups is 1. The molecule has 1 aromatic rings. The maximum atomic E-state index is 12.6. The summed E-state index contributed by atoms with van der Waals surface area (Å²) in [4.78, 5) is 26.0. The SMILES string of the molecule is C=C1C[C@H](O)[C@H]2[C@@H](OC(=O)[C@@H]2CSc2ccccc2)[C@H]2[C@@H]1CC(=O)[C@@H]2C. The van der Waals surface area contributed by atoms with Gasteiger partial charge in [-0.05, 0) is 24.5 Å². The van der Waals surface area contributed by atoms with Crippen molar-refractivity contribution in [1.29, 1.82) is 0 Å². The largest absolute Gasteiger partial charge is 0.461 e. The monoisotopic (exact) mass is 372 g/mol. The number of aliphatic hydroxyl groups is 1. The zero-order valence-electron chi connectivity index (χ0n) is 14.8. The molecular weight excluding hydrogens is 348 g/mol. The Labute approximate surface area is 158 Å². The summed E-state index contributed by atoms with van der Waals surface area (Å²) in [5.74, 6) is -0.234. The lowest BCUT2D eigenvalue weighted by molar-refractivity contribution is -0.146. The van der Waals surface area contributed by atoms with Crippen molar-refractivity contribution in [2.24, 2.45) is 29.6 Å². The molecule has 5 heteroatoms. The van der Waals surface area contributed by atoms with E-state index in [1.807, 2.05) is 37.3 Å². The van der Waals surface area contributed by atoms with Crippen LogP contribution in [-0.2, 0) is 14.3 Å². The highest BCUT2D eigenvalue weighted by atomic mass is 32.2. The van der Waals surface area contributed by atoms with E-state index in [1.54, 1.807) is 11.8 Å². The molecule has 4 nitrogen and oxygen atoms in total. The lowest BCUT2D eigenvalue weighted by Gasteiger charge is -2.29. The lowest BCUT2D eigenvalue weighted by Crippen LogP contribution is -2.38. The molecule has 4 rings (SSSR count). The van der Waals surface area contributed by atoms with Crippen molar-refractivity contribution in [2.75, 3.05) is 5.75 Å². The van der Waals surface area contributed by atoms with E-state index in [0.29, 0.717) is 18.6 Å². The van der Waals surface area contributed by atoms with Gasteiger partial charge in [-0.15, -0.1) is 11.8 Å². The summed E-state index contributed by atoms with van der Waals surface area (Å²) in [5.41, 5.74) is 0.931. The molecule has 3 fully saturated rings. The summed E-state index contributed by atoms with van der Waals surface area (Å²) in [6.45, 7) is 6.07. The topological polar surface area (TPSA) is 63.6 Å². The van der Waals surface area contributed by atoms with Crippen LogP contribution in [0.5, 0.6) is 0 Å². The van der Waals surface area contributed by atoms with Crippen LogP contribution in [-0.4, -0.2) is 34.8 Å². The summed E-state index contributed by atoms with van der Waals surface area (Å²) in [7, 11) is 0. The number of aliphatic hydroxyl groups excluding tert-OH is 1. The Balaban J connectivity index is 1.60. The number of hydrogen-bond acceptors (Lipinski definition) is 5. The van der Waals surface area contributed by atoms with Crippen LogP contribution >= 0.6 is 11.8 Å². The summed E-state index contributed by atoms with van der Waals surface area (Å²) in [6.07, 6.45) is -0.120. The number of carbonyl (C=O) groups is 2. The highest BCUT2D eigenvalue weighted by Crippen LogP contribution is 2.52. The van der Waals surface area contributed by atoms with Gasteiger partial charge in [0.25, 0.3) is 0 Å². The third-order valence-electron chi connectivity index (χ3n) is 6.36. The van der Waals surface area contributed by atoms with Gasteiger partial charge in [0.2, 0.25) is 0 Å². The molecule has 0 unspecified atom stereocenters. The fourth-order valence-electron chi connectivity index (χ4n) is 4.98. The minimum Gasteiger partial charge on any atom is -0.461 e. The predicted molar refractivity (Wildman–Crippen MR) is 99.6 cm³/mol. The van der Waals surface area contributed by atoms with Gasteiger partial charge in [-0.1, -0.05) is 37.3 Å². The van der Waals surface area contributed by atoms with E-state index < -0.39 is 6.10 Å². The molecule has 1 aliphatic heterocycles. The summed E-state index contributed by atoms with van der Waals surface area (Å²) in [6, 6.07) is 9.93. The number of hydrogen-bond donors (Lipinski definition) is 1. The Morgan fingerprint density at radius 1 is 1.19 bits per heavy atom. The van der Waals surface area contributed by atoms with E-state index >= 15 is 0 Å². The molecule has 7 atom stereocenters. The predicted octanol–water partition coefficient (Wildman–Crippen LogP) is 3.10. The molecule has 0 bridgehead atoms.